The van der Waals surface area contributed by atoms with Crippen molar-refractivity contribution in [2.45, 2.75) is 51.2 Å². The Kier molecular flexibility index (Phi) is 3.93. The number of hydrogen-bond acceptors (Lipinski definition) is 3. The summed E-state index contributed by atoms with van der Waals surface area (Å²) in [7, 11) is 2.24. The number of fused-ring (bicyclic) bond motifs is 2. The third kappa shape index (κ3) is 2.67. The first-order chi connectivity index (χ1) is 9.97. The Morgan fingerprint density at radius 1 is 1.24 bits per heavy atom. The van der Waals surface area contributed by atoms with Gasteiger partial charge in [0.05, 0.1) is 0 Å². The summed E-state index contributed by atoms with van der Waals surface area (Å²) in [6.45, 7) is 5.83. The quantitative estimate of drug-likeness (QED) is 0.909. The Balaban J connectivity index is 1.94. The smallest absolute Gasteiger partial charge is 0.126 e. The van der Waals surface area contributed by atoms with Gasteiger partial charge in [-0.2, -0.15) is 0 Å². The van der Waals surface area contributed by atoms with Crippen molar-refractivity contribution in [3.05, 3.63) is 29.1 Å². The molecule has 0 aromatic heterocycles. The van der Waals surface area contributed by atoms with Crippen LogP contribution in [0.5, 0.6) is 0 Å². The normalized spacial score (nSPS) is 27.8. The summed E-state index contributed by atoms with van der Waals surface area (Å²) >= 11 is 0. The topological polar surface area (TPSA) is 32.5 Å². The minimum absolute atomic E-state index is 0.145. The molecule has 1 aromatic carbocycles. The molecule has 0 amide bonds. The van der Waals surface area contributed by atoms with Crippen LogP contribution in [0.2, 0.25) is 0 Å². The molecule has 3 atom stereocenters. The monoisotopic (exact) mass is 291 g/mol. The van der Waals surface area contributed by atoms with Gasteiger partial charge in [0.1, 0.15) is 5.82 Å². The molecule has 21 heavy (non-hydrogen) atoms. The number of rotatable bonds is 2. The predicted octanol–water partition coefficient (Wildman–Crippen LogP) is 2.83. The fraction of sp³-hybridized carbons (Fsp3) is 0.647. The van der Waals surface area contributed by atoms with E-state index in [1.54, 1.807) is 6.07 Å². The number of aryl methyl sites for hydroxylation is 1. The zero-order valence-electron chi connectivity index (χ0n) is 13.3. The van der Waals surface area contributed by atoms with Gasteiger partial charge in [0, 0.05) is 36.9 Å². The second kappa shape index (κ2) is 5.58. The van der Waals surface area contributed by atoms with Crippen LogP contribution in [0.4, 0.5) is 10.1 Å². The van der Waals surface area contributed by atoms with Crippen LogP contribution in [0.25, 0.3) is 0 Å². The van der Waals surface area contributed by atoms with Gasteiger partial charge in [0.15, 0.2) is 0 Å². The molecular weight excluding hydrogens is 265 g/mol. The van der Waals surface area contributed by atoms with Crippen LogP contribution < -0.4 is 10.6 Å². The summed E-state index contributed by atoms with van der Waals surface area (Å²) in [5, 5.41) is 0. The molecular formula is C17H26FN3. The second-order valence-electron chi connectivity index (χ2n) is 6.73. The van der Waals surface area contributed by atoms with Crippen molar-refractivity contribution in [3.8, 4) is 0 Å². The van der Waals surface area contributed by atoms with Crippen molar-refractivity contribution < 1.29 is 4.39 Å². The third-order valence-electron chi connectivity index (χ3n) is 5.29. The molecule has 0 saturated carbocycles. The Morgan fingerprint density at radius 2 is 1.95 bits per heavy atom. The summed E-state index contributed by atoms with van der Waals surface area (Å²) in [6, 6.07) is 4.78. The summed E-state index contributed by atoms with van der Waals surface area (Å²) in [5.41, 5.74) is 8.84. The zero-order valence-corrected chi connectivity index (χ0v) is 13.3. The lowest BCUT2D eigenvalue weighted by Gasteiger charge is -2.30. The molecule has 4 heteroatoms. The summed E-state index contributed by atoms with van der Waals surface area (Å²) in [4.78, 5) is 4.95. The maximum absolute atomic E-state index is 13.9. The van der Waals surface area contributed by atoms with E-state index >= 15 is 0 Å². The lowest BCUT2D eigenvalue weighted by Crippen LogP contribution is -2.37. The zero-order chi connectivity index (χ0) is 15.1. The first-order valence-corrected chi connectivity index (χ1v) is 8.00. The number of likely N-dealkylation sites (N-methyl/N-ethyl adjacent to an activating group) is 1. The van der Waals surface area contributed by atoms with Gasteiger partial charge in [-0.05, 0) is 63.4 Å². The molecule has 0 radical (unpaired) electrons. The second-order valence-corrected chi connectivity index (χ2v) is 6.73. The predicted molar refractivity (Wildman–Crippen MR) is 85.1 cm³/mol. The molecule has 2 aliphatic heterocycles. The average molecular weight is 291 g/mol. The molecule has 2 N–H and O–H groups in total. The van der Waals surface area contributed by atoms with Crippen molar-refractivity contribution in [1.29, 1.82) is 0 Å². The molecule has 2 fully saturated rings. The van der Waals surface area contributed by atoms with Gasteiger partial charge in [-0.15, -0.1) is 0 Å². The van der Waals surface area contributed by atoms with Crippen LogP contribution in [0.3, 0.4) is 0 Å². The fourth-order valence-corrected chi connectivity index (χ4v) is 3.85. The average Bonchev–Trinajstić information content (AvgIpc) is 2.66. The molecule has 2 bridgehead atoms. The van der Waals surface area contributed by atoms with Crippen molar-refractivity contribution in [2.24, 2.45) is 5.73 Å². The van der Waals surface area contributed by atoms with E-state index in [2.05, 4.69) is 16.8 Å². The van der Waals surface area contributed by atoms with E-state index in [9.17, 15) is 4.39 Å². The highest BCUT2D eigenvalue weighted by Crippen LogP contribution is 2.34. The van der Waals surface area contributed by atoms with Gasteiger partial charge in [0.25, 0.3) is 0 Å². The number of nitrogens with two attached hydrogens (primary N) is 1. The van der Waals surface area contributed by atoms with Crippen molar-refractivity contribution in [3.63, 3.8) is 0 Å². The summed E-state index contributed by atoms with van der Waals surface area (Å²) < 4.78 is 13.9. The van der Waals surface area contributed by atoms with Crippen LogP contribution in [0.1, 0.15) is 43.4 Å². The van der Waals surface area contributed by atoms with Gasteiger partial charge in [-0.1, -0.05) is 0 Å². The Labute approximate surface area is 126 Å². The van der Waals surface area contributed by atoms with Crippen molar-refractivity contribution >= 4 is 5.69 Å². The molecule has 3 nitrogen and oxygen atoms in total. The van der Waals surface area contributed by atoms with Crippen molar-refractivity contribution in [2.75, 3.05) is 25.0 Å². The van der Waals surface area contributed by atoms with E-state index in [1.165, 1.54) is 19.3 Å². The van der Waals surface area contributed by atoms with Crippen LogP contribution in [-0.2, 0) is 0 Å². The number of benzene rings is 1. The van der Waals surface area contributed by atoms with Gasteiger partial charge in [-0.25, -0.2) is 4.39 Å². The highest BCUT2D eigenvalue weighted by atomic mass is 19.1. The summed E-state index contributed by atoms with van der Waals surface area (Å²) in [5.74, 6) is -0.153. The van der Waals surface area contributed by atoms with Crippen LogP contribution in [0.15, 0.2) is 12.1 Å². The summed E-state index contributed by atoms with van der Waals surface area (Å²) in [6.07, 6.45) is 3.77. The third-order valence-corrected chi connectivity index (χ3v) is 5.29. The lowest BCUT2D eigenvalue weighted by atomic mass is 10.0. The number of halogens is 1. The number of anilines is 1. The van der Waals surface area contributed by atoms with E-state index in [0.29, 0.717) is 17.6 Å². The molecule has 1 aromatic rings. The Hall–Kier alpha value is -1.13. The molecule has 2 saturated heterocycles. The van der Waals surface area contributed by atoms with Crippen molar-refractivity contribution in [1.82, 2.24) is 4.90 Å². The molecule has 2 heterocycles. The van der Waals surface area contributed by atoms with E-state index in [1.807, 2.05) is 19.9 Å². The maximum atomic E-state index is 13.9. The minimum atomic E-state index is -0.153. The largest absolute Gasteiger partial charge is 0.370 e. The van der Waals surface area contributed by atoms with Crippen LogP contribution in [0, 0.1) is 12.7 Å². The Bertz CT molecular complexity index is 529. The molecule has 3 unspecified atom stereocenters. The standard InChI is InChI=1S/C17H26FN3/c1-11-8-17(15(12(2)19)9-16(11)18)21-7-6-13-4-5-14(10-21)20(13)3/h8-9,12-14H,4-7,10,19H2,1-3H3. The molecule has 0 spiro atoms. The van der Waals surface area contributed by atoms with Gasteiger partial charge in [0.2, 0.25) is 0 Å². The molecule has 3 rings (SSSR count). The SMILES string of the molecule is Cc1cc(N2CCC3CCC(C2)N3C)c(C(C)N)cc1F. The van der Waals surface area contributed by atoms with Crippen LogP contribution in [-0.4, -0.2) is 37.1 Å². The maximum Gasteiger partial charge on any atom is 0.126 e. The van der Waals surface area contributed by atoms with Crippen LogP contribution >= 0.6 is 0 Å². The number of nitrogens with zero attached hydrogens (tertiary/aromatic N) is 2. The highest BCUT2D eigenvalue weighted by molar-refractivity contribution is 5.57. The van der Waals surface area contributed by atoms with E-state index < -0.39 is 0 Å². The van der Waals surface area contributed by atoms with E-state index in [-0.39, 0.29) is 11.9 Å². The first-order valence-electron chi connectivity index (χ1n) is 8.00. The highest BCUT2D eigenvalue weighted by Gasteiger charge is 2.35. The van der Waals surface area contributed by atoms with Gasteiger partial charge in [-0.3, -0.25) is 4.90 Å². The minimum Gasteiger partial charge on any atom is -0.370 e. The lowest BCUT2D eigenvalue weighted by molar-refractivity contribution is 0.254. The Morgan fingerprint density at radius 3 is 2.67 bits per heavy atom. The molecule has 2 aliphatic rings. The van der Waals surface area contributed by atoms with Gasteiger partial charge >= 0.3 is 0 Å². The fourth-order valence-electron chi connectivity index (χ4n) is 3.85. The van der Waals surface area contributed by atoms with E-state index in [4.69, 9.17) is 5.73 Å². The van der Waals surface area contributed by atoms with Gasteiger partial charge < -0.3 is 10.6 Å². The first kappa shape index (κ1) is 14.8. The van der Waals surface area contributed by atoms with E-state index in [0.717, 1.165) is 24.3 Å². The molecule has 0 aliphatic carbocycles. The molecule has 116 valence electrons. The number of hydrogen-bond donors (Lipinski definition) is 1.